The highest BCUT2D eigenvalue weighted by Gasteiger charge is 2.31. The lowest BCUT2D eigenvalue weighted by Crippen LogP contribution is -2.43. The molecule has 4 heterocycles. The largest absolute Gasteiger partial charge is 0.481 e. The minimum atomic E-state index is -1.14. The van der Waals surface area contributed by atoms with Gasteiger partial charge in [-0.1, -0.05) is 18.2 Å². The van der Waals surface area contributed by atoms with E-state index in [1.54, 1.807) is 24.3 Å². The number of carboxylic acid groups (broad SMARTS) is 1. The fourth-order valence-electron chi connectivity index (χ4n) is 6.07. The highest BCUT2D eigenvalue weighted by atomic mass is 16.6. The Morgan fingerprint density at radius 3 is 2.04 bits per heavy atom. The fraction of sp³-hybridized carbons (Fsp3) is 0.200. The molecule has 2 aliphatic heterocycles. The lowest BCUT2D eigenvalue weighted by Gasteiger charge is -2.28. The van der Waals surface area contributed by atoms with E-state index >= 15 is 0 Å². The van der Waals surface area contributed by atoms with Crippen LogP contribution < -0.4 is 38.2 Å². The molecule has 1 amide bonds. The van der Waals surface area contributed by atoms with Crippen molar-refractivity contribution in [2.24, 2.45) is 0 Å². The number of hydrogen-bond acceptors (Lipinski definition) is 12. The van der Waals surface area contributed by atoms with E-state index in [9.17, 15) is 49.0 Å². The summed E-state index contributed by atoms with van der Waals surface area (Å²) >= 11 is 0. The summed E-state index contributed by atoms with van der Waals surface area (Å²) in [4.78, 5) is 97.6. The number of nitrogens with zero attached hydrogens (tertiary/aromatic N) is 4. The third kappa shape index (κ3) is 5.91. The minimum Gasteiger partial charge on any atom is -0.481 e. The highest BCUT2D eigenvalue weighted by molar-refractivity contribution is 5.96. The molecule has 0 aliphatic carbocycles. The molecule has 0 spiro atoms. The Kier molecular flexibility index (Phi) is 8.41. The summed E-state index contributed by atoms with van der Waals surface area (Å²) in [5.41, 5.74) is -2.51. The van der Waals surface area contributed by atoms with Crippen LogP contribution in [0, 0.1) is 20.2 Å². The van der Waals surface area contributed by atoms with Crippen LogP contribution in [0.3, 0.4) is 0 Å². The smallest absolute Gasteiger partial charge is 0.317 e. The number of amides is 1. The number of anilines is 3. The van der Waals surface area contributed by atoms with Crippen molar-refractivity contribution >= 4 is 62.4 Å². The van der Waals surface area contributed by atoms with Gasteiger partial charge in [0.05, 0.1) is 50.6 Å². The van der Waals surface area contributed by atoms with Crippen LogP contribution in [0.25, 0.3) is 22.1 Å². The second-order valence-corrected chi connectivity index (χ2v) is 11.3. The molecule has 256 valence electrons. The van der Waals surface area contributed by atoms with E-state index in [0.29, 0.717) is 11.4 Å². The zero-order valence-electron chi connectivity index (χ0n) is 25.5. The first-order valence-corrected chi connectivity index (χ1v) is 14.8. The zero-order chi connectivity index (χ0) is 35.9. The molecule has 0 saturated heterocycles. The maximum Gasteiger partial charge on any atom is 0.317 e. The van der Waals surface area contributed by atoms with Gasteiger partial charge in [-0.25, -0.2) is 0 Å². The molecular formula is C30H25N9O11. The predicted molar refractivity (Wildman–Crippen MR) is 178 cm³/mol. The minimum absolute atomic E-state index is 0.0809. The van der Waals surface area contributed by atoms with Crippen molar-refractivity contribution in [2.45, 2.75) is 24.9 Å². The molecule has 5 aromatic rings. The van der Waals surface area contributed by atoms with Gasteiger partial charge in [-0.2, -0.15) is 0 Å². The quantitative estimate of drug-likeness (QED) is 0.0807. The van der Waals surface area contributed by atoms with Gasteiger partial charge >= 0.3 is 28.2 Å². The summed E-state index contributed by atoms with van der Waals surface area (Å²) in [7, 11) is 0. The number of H-pyrrole nitrogens is 2. The first-order chi connectivity index (χ1) is 23.8. The second-order valence-electron chi connectivity index (χ2n) is 11.3. The number of para-hydroxylation sites is 1. The molecule has 7 rings (SSSR count). The van der Waals surface area contributed by atoms with E-state index in [-0.39, 0.29) is 71.0 Å². The van der Waals surface area contributed by atoms with Crippen molar-refractivity contribution in [3.63, 3.8) is 0 Å². The van der Waals surface area contributed by atoms with Crippen LogP contribution in [-0.2, 0) is 9.59 Å². The molecule has 2 unspecified atom stereocenters. The van der Waals surface area contributed by atoms with Crippen LogP contribution in [0.2, 0.25) is 0 Å². The van der Waals surface area contributed by atoms with Gasteiger partial charge in [-0.05, 0) is 24.3 Å². The van der Waals surface area contributed by atoms with Gasteiger partial charge in [0.25, 0.3) is 11.4 Å². The van der Waals surface area contributed by atoms with E-state index in [1.807, 2.05) is 6.07 Å². The van der Waals surface area contributed by atoms with E-state index in [0.717, 1.165) is 4.57 Å². The number of carbonyl (C=O) groups excluding carboxylic acids is 1. The van der Waals surface area contributed by atoms with Crippen LogP contribution in [0.1, 0.15) is 24.9 Å². The first kappa shape index (κ1) is 32.8. The molecule has 0 radical (unpaired) electrons. The Bertz CT molecular complexity index is 2490. The number of nitrogens with one attached hydrogen (secondary N) is 5. The summed E-state index contributed by atoms with van der Waals surface area (Å²) in [5, 5.41) is 39.9. The van der Waals surface area contributed by atoms with Crippen molar-refractivity contribution < 1.29 is 24.5 Å². The summed E-state index contributed by atoms with van der Waals surface area (Å²) in [6.07, 6.45) is -0.462. The molecule has 2 aliphatic rings. The Hall–Kier alpha value is -7.12. The number of aliphatic carboxylic acids is 1. The fourth-order valence-corrected chi connectivity index (χ4v) is 6.07. The van der Waals surface area contributed by atoms with Crippen molar-refractivity contribution in [1.82, 2.24) is 19.1 Å². The SMILES string of the molecule is O=C(CC1CNc2c([N+](=O)[O-])ccc3[nH]c(=O)c(=O)n1c23)Nc1ccccc1.O=C(O)CC1CNc2ccc([N+](=O)[O-])c3[nH]c(=O)c(=O)n1c23. The van der Waals surface area contributed by atoms with Crippen molar-refractivity contribution in [3.8, 4) is 0 Å². The highest BCUT2D eigenvalue weighted by Crippen LogP contribution is 2.36. The van der Waals surface area contributed by atoms with Gasteiger partial charge in [0.15, 0.2) is 0 Å². The summed E-state index contributed by atoms with van der Waals surface area (Å²) < 4.78 is 2.21. The molecule has 20 heteroatoms. The van der Waals surface area contributed by atoms with E-state index in [1.165, 1.54) is 28.8 Å². The van der Waals surface area contributed by atoms with E-state index in [4.69, 9.17) is 5.11 Å². The molecule has 0 saturated carbocycles. The van der Waals surface area contributed by atoms with Gasteiger partial charge < -0.3 is 31.0 Å². The van der Waals surface area contributed by atoms with Crippen LogP contribution in [-0.4, -0.2) is 59.0 Å². The van der Waals surface area contributed by atoms with Crippen molar-refractivity contribution in [1.29, 1.82) is 0 Å². The van der Waals surface area contributed by atoms with E-state index < -0.39 is 50.1 Å². The number of carboxylic acids is 1. The Balaban J connectivity index is 0.000000178. The van der Waals surface area contributed by atoms with Crippen LogP contribution in [0.15, 0.2) is 73.8 Å². The third-order valence-electron chi connectivity index (χ3n) is 8.16. The van der Waals surface area contributed by atoms with Crippen LogP contribution >= 0.6 is 0 Å². The third-order valence-corrected chi connectivity index (χ3v) is 8.16. The molecule has 0 bridgehead atoms. The molecule has 6 N–H and O–H groups in total. The molecule has 20 nitrogen and oxygen atoms in total. The number of aromatic nitrogens is 4. The number of nitro benzene ring substituents is 2. The topological polar surface area (TPSA) is 286 Å². The Morgan fingerprint density at radius 1 is 0.780 bits per heavy atom. The van der Waals surface area contributed by atoms with Crippen LogP contribution in [0.5, 0.6) is 0 Å². The first-order valence-electron chi connectivity index (χ1n) is 14.8. The number of carbonyl (C=O) groups is 2. The summed E-state index contributed by atoms with van der Waals surface area (Å²) in [5.74, 6) is -1.48. The normalized spacial score (nSPS) is 15.6. The lowest BCUT2D eigenvalue weighted by molar-refractivity contribution is -0.383. The van der Waals surface area contributed by atoms with Gasteiger partial charge in [-0.15, -0.1) is 0 Å². The number of non-ortho nitro benzene ring substituents is 1. The summed E-state index contributed by atoms with van der Waals surface area (Å²) in [6.45, 7) is 0.230. The molecule has 3 aromatic carbocycles. The van der Waals surface area contributed by atoms with Gasteiger partial charge in [-0.3, -0.25) is 58.1 Å². The summed E-state index contributed by atoms with van der Waals surface area (Å²) in [6, 6.07) is 12.6. The van der Waals surface area contributed by atoms with E-state index in [2.05, 4.69) is 25.9 Å². The van der Waals surface area contributed by atoms with Gasteiger partial charge in [0.2, 0.25) is 5.91 Å². The standard InChI is InChI=1S/C18H15N5O5.C12H10N4O6/c24-14(20-10-4-2-1-3-5-10)8-11-9-19-15-13(23(27)28)7-6-12-16(15)22(11)18(26)17(25)21-12;17-8(18)3-5-4-13-6-1-2-7(16(21)22)9-10(6)15(5)12(20)11(19)14-9/h1-7,11,19H,8-9H2,(H,20,24)(H,21,25);1-2,5,13H,3-4H2,(H,14,19)(H,17,18). The van der Waals surface area contributed by atoms with Crippen LogP contribution in [0.4, 0.5) is 28.4 Å². The number of hydrogen-bond donors (Lipinski definition) is 6. The van der Waals surface area contributed by atoms with Crippen molar-refractivity contribution in [3.05, 3.63) is 116 Å². The number of benzene rings is 3. The molecule has 0 fully saturated rings. The Morgan fingerprint density at radius 2 is 1.38 bits per heavy atom. The predicted octanol–water partition coefficient (Wildman–Crippen LogP) is 1.63. The molecular weight excluding hydrogens is 662 g/mol. The maximum absolute atomic E-state index is 12.5. The number of aromatic amines is 2. The van der Waals surface area contributed by atoms with Gasteiger partial charge in [0, 0.05) is 37.3 Å². The monoisotopic (exact) mass is 687 g/mol. The molecule has 2 aromatic heterocycles. The zero-order valence-corrected chi connectivity index (χ0v) is 25.5. The van der Waals surface area contributed by atoms with Gasteiger partial charge in [0.1, 0.15) is 11.2 Å². The number of rotatable bonds is 7. The lowest BCUT2D eigenvalue weighted by atomic mass is 10.1. The molecule has 50 heavy (non-hydrogen) atoms. The Labute approximate surface area is 276 Å². The average molecular weight is 688 g/mol. The number of nitro groups is 2. The second kappa shape index (κ2) is 12.8. The average Bonchev–Trinajstić information content (AvgIpc) is 3.07. The molecule has 2 atom stereocenters. The van der Waals surface area contributed by atoms with Crippen molar-refractivity contribution in [2.75, 3.05) is 29.0 Å². The maximum atomic E-state index is 12.5.